The molecule has 0 unspecified atom stereocenters. The SMILES string of the molecule is Cc1cc(-c2cc(Cl)ncn2)ccc1CCC(=O)c1cnn(C(C)(C)C)c1.Cc1cc(-c2cc(Nc3cc4n(n3)CCOC4)ncn2)ccc1CCC(=O)c1cnn(C(C)(C)C)c1. The van der Waals surface area contributed by atoms with Crippen LogP contribution in [0.5, 0.6) is 0 Å². The molecule has 0 atom stereocenters. The van der Waals surface area contributed by atoms with Gasteiger partial charge in [-0.2, -0.15) is 15.3 Å². The highest BCUT2D eigenvalue weighted by Gasteiger charge is 2.19. The van der Waals surface area contributed by atoms with Gasteiger partial charge in [0.2, 0.25) is 0 Å². The van der Waals surface area contributed by atoms with Crippen LogP contribution in [-0.2, 0) is 41.8 Å². The van der Waals surface area contributed by atoms with E-state index in [-0.39, 0.29) is 22.6 Å². The first-order valence-corrected chi connectivity index (χ1v) is 21.5. The van der Waals surface area contributed by atoms with E-state index in [0.29, 0.717) is 61.0 Å². The number of ether oxygens (including phenoxy) is 1. The van der Waals surface area contributed by atoms with Crippen LogP contribution in [0.1, 0.15) is 103 Å². The first-order chi connectivity index (χ1) is 30.0. The van der Waals surface area contributed by atoms with Crippen LogP contribution in [-0.4, -0.2) is 67.5 Å². The Labute approximate surface area is 373 Å². The van der Waals surface area contributed by atoms with Gasteiger partial charge < -0.3 is 10.1 Å². The third-order valence-corrected chi connectivity index (χ3v) is 11.0. The molecule has 63 heavy (non-hydrogen) atoms. The summed E-state index contributed by atoms with van der Waals surface area (Å²) in [5.41, 5.74) is 10.2. The average Bonchev–Trinajstić information content (AvgIpc) is 4.04. The van der Waals surface area contributed by atoms with Crippen molar-refractivity contribution >= 4 is 34.8 Å². The van der Waals surface area contributed by atoms with Gasteiger partial charge in [0, 0.05) is 54.6 Å². The zero-order chi connectivity index (χ0) is 44.9. The number of Topliss-reactive ketones (excluding diaryl/α,β-unsaturated/α-hetero) is 2. The number of nitrogens with one attached hydrogen (secondary N) is 1. The van der Waals surface area contributed by atoms with Crippen LogP contribution in [0.4, 0.5) is 11.6 Å². The molecular formula is C48H54ClN11O3. The molecule has 5 aromatic heterocycles. The maximum absolute atomic E-state index is 12.7. The number of anilines is 2. The monoisotopic (exact) mass is 867 g/mol. The van der Waals surface area contributed by atoms with E-state index >= 15 is 0 Å². The molecule has 0 radical (unpaired) electrons. The van der Waals surface area contributed by atoms with Gasteiger partial charge >= 0.3 is 0 Å². The van der Waals surface area contributed by atoms with E-state index in [9.17, 15) is 9.59 Å². The molecule has 7 aromatic rings. The molecule has 0 saturated heterocycles. The predicted octanol–water partition coefficient (Wildman–Crippen LogP) is 9.56. The molecule has 0 fully saturated rings. The van der Waals surface area contributed by atoms with Crippen LogP contribution < -0.4 is 5.32 Å². The first kappa shape index (κ1) is 44.7. The lowest BCUT2D eigenvalue weighted by molar-refractivity contribution is 0.0801. The van der Waals surface area contributed by atoms with Crippen LogP contribution in [0, 0.1) is 13.8 Å². The lowest BCUT2D eigenvalue weighted by Gasteiger charge is -2.18. The second kappa shape index (κ2) is 18.9. The fraction of sp³-hybridized carbons (Fsp3) is 0.354. The molecule has 1 aliphatic heterocycles. The normalized spacial score (nSPS) is 12.7. The van der Waals surface area contributed by atoms with Gasteiger partial charge in [-0.1, -0.05) is 35.9 Å². The number of benzene rings is 2. The minimum absolute atomic E-state index is 0.105. The lowest BCUT2D eigenvalue weighted by Crippen LogP contribution is -2.22. The molecular weight excluding hydrogens is 814 g/mol. The summed E-state index contributed by atoms with van der Waals surface area (Å²) in [6, 6.07) is 18.0. The maximum atomic E-state index is 12.7. The molecule has 8 rings (SSSR count). The molecule has 0 spiro atoms. The van der Waals surface area contributed by atoms with Crippen LogP contribution in [0.15, 0.2) is 92.0 Å². The van der Waals surface area contributed by atoms with Gasteiger partial charge in [0.25, 0.3) is 0 Å². The summed E-state index contributed by atoms with van der Waals surface area (Å²) in [4.78, 5) is 42.2. The molecule has 14 nitrogen and oxygen atoms in total. The molecule has 0 amide bonds. The third kappa shape index (κ3) is 11.4. The van der Waals surface area contributed by atoms with Gasteiger partial charge in [-0.25, -0.2) is 19.9 Å². The van der Waals surface area contributed by atoms with Crippen molar-refractivity contribution in [1.82, 2.24) is 49.3 Å². The smallest absolute Gasteiger partial charge is 0.166 e. The van der Waals surface area contributed by atoms with Gasteiger partial charge in [0.1, 0.15) is 23.6 Å². The summed E-state index contributed by atoms with van der Waals surface area (Å²) in [5.74, 6) is 1.63. The van der Waals surface area contributed by atoms with Crippen molar-refractivity contribution in [2.24, 2.45) is 0 Å². The van der Waals surface area contributed by atoms with Crippen LogP contribution in [0.25, 0.3) is 22.5 Å². The topological polar surface area (TPSA) is 160 Å². The number of fused-ring (bicyclic) bond motifs is 1. The number of ketones is 2. The van der Waals surface area contributed by atoms with E-state index in [1.54, 1.807) is 24.8 Å². The molecule has 6 heterocycles. The number of carbonyl (C=O) groups excluding carboxylic acids is 2. The summed E-state index contributed by atoms with van der Waals surface area (Å²) < 4.78 is 11.1. The van der Waals surface area contributed by atoms with E-state index in [0.717, 1.165) is 62.8 Å². The molecule has 2 aromatic carbocycles. The average molecular weight is 868 g/mol. The minimum atomic E-state index is -0.144. The molecule has 0 saturated carbocycles. The number of nitrogens with zero attached hydrogens (tertiary/aromatic N) is 10. The lowest BCUT2D eigenvalue weighted by atomic mass is 9.98. The minimum Gasteiger partial charge on any atom is -0.373 e. The van der Waals surface area contributed by atoms with Gasteiger partial charge in [-0.15, -0.1) is 0 Å². The predicted molar refractivity (Wildman–Crippen MR) is 244 cm³/mol. The molecule has 0 aliphatic carbocycles. The van der Waals surface area contributed by atoms with Crippen LogP contribution in [0.3, 0.4) is 0 Å². The van der Waals surface area contributed by atoms with Crippen molar-refractivity contribution in [2.45, 2.75) is 105 Å². The Balaban J connectivity index is 0.000000197. The number of aryl methyl sites for hydroxylation is 4. The molecule has 1 N–H and O–H groups in total. The van der Waals surface area contributed by atoms with Gasteiger partial charge in [0.05, 0.1) is 71.4 Å². The zero-order valence-electron chi connectivity index (χ0n) is 37.2. The largest absolute Gasteiger partial charge is 0.373 e. The zero-order valence-corrected chi connectivity index (χ0v) is 37.9. The summed E-state index contributed by atoms with van der Waals surface area (Å²) in [7, 11) is 0. The highest BCUT2D eigenvalue weighted by molar-refractivity contribution is 6.29. The molecule has 326 valence electrons. The van der Waals surface area contributed by atoms with Crippen molar-refractivity contribution < 1.29 is 14.3 Å². The van der Waals surface area contributed by atoms with Crippen molar-refractivity contribution in [2.75, 3.05) is 11.9 Å². The maximum Gasteiger partial charge on any atom is 0.166 e. The van der Waals surface area contributed by atoms with Crippen molar-refractivity contribution in [1.29, 1.82) is 0 Å². The van der Waals surface area contributed by atoms with Gasteiger partial charge in [-0.05, 0) is 103 Å². The highest BCUT2D eigenvalue weighted by atomic mass is 35.5. The van der Waals surface area contributed by atoms with Crippen molar-refractivity contribution in [3.8, 4) is 22.5 Å². The molecule has 1 aliphatic rings. The van der Waals surface area contributed by atoms with E-state index in [4.69, 9.17) is 16.3 Å². The van der Waals surface area contributed by atoms with E-state index < -0.39 is 0 Å². The fourth-order valence-electron chi connectivity index (χ4n) is 7.08. The van der Waals surface area contributed by atoms with E-state index in [2.05, 4.69) is 107 Å². The summed E-state index contributed by atoms with van der Waals surface area (Å²) >= 11 is 5.94. The third-order valence-electron chi connectivity index (χ3n) is 10.8. The fourth-order valence-corrected chi connectivity index (χ4v) is 7.23. The van der Waals surface area contributed by atoms with Crippen molar-refractivity contribution in [3.63, 3.8) is 0 Å². The standard InChI is InChI=1S/C27H31N7O2.C21H23ClN4O/c1-18-11-20(6-5-19(18)7-8-24(35)21-14-30-34(15-21)27(2,3)4)23-13-25(29-17-28-23)31-26-12-22-16-36-10-9-33(22)32-26;1-14-9-16(18-10-20(22)24-13-23-18)6-5-15(14)7-8-19(27)17-11-25-26(12-17)21(2,3)4/h5-6,11-15,17H,7-10,16H2,1-4H3,(H,28,29,31,32);5-6,9-13H,7-8H2,1-4H3. The summed E-state index contributed by atoms with van der Waals surface area (Å²) in [6.45, 7) is 18.5. The Hall–Kier alpha value is -6.38. The Morgan fingerprint density at radius 2 is 1.24 bits per heavy atom. The second-order valence-electron chi connectivity index (χ2n) is 17.8. The van der Waals surface area contributed by atoms with Gasteiger partial charge in [-0.3, -0.25) is 23.6 Å². The number of rotatable bonds is 12. The Bertz CT molecular complexity index is 2710. The first-order valence-electron chi connectivity index (χ1n) is 21.1. The summed E-state index contributed by atoms with van der Waals surface area (Å²) in [6.07, 6.45) is 12.3. The van der Waals surface area contributed by atoms with Crippen LogP contribution in [0.2, 0.25) is 5.15 Å². The van der Waals surface area contributed by atoms with E-state index in [1.807, 2.05) is 63.7 Å². The highest BCUT2D eigenvalue weighted by Crippen LogP contribution is 2.26. The quantitative estimate of drug-likeness (QED) is 0.0920. The number of hydrogen-bond donors (Lipinski definition) is 1. The van der Waals surface area contributed by atoms with Crippen molar-refractivity contribution in [3.05, 3.63) is 136 Å². The number of aromatic nitrogens is 10. The molecule has 15 heteroatoms. The molecule has 0 bridgehead atoms. The second-order valence-corrected chi connectivity index (χ2v) is 18.1. The number of carbonyl (C=O) groups is 2. The summed E-state index contributed by atoms with van der Waals surface area (Å²) in [5, 5.41) is 16.9. The Morgan fingerprint density at radius 3 is 1.73 bits per heavy atom. The Morgan fingerprint density at radius 1 is 0.698 bits per heavy atom. The number of hydrogen-bond acceptors (Lipinski definition) is 11. The Kier molecular flexibility index (Phi) is 13.4. The van der Waals surface area contributed by atoms with Crippen LogP contribution >= 0.6 is 11.6 Å². The van der Waals surface area contributed by atoms with Gasteiger partial charge in [0.15, 0.2) is 17.4 Å². The van der Waals surface area contributed by atoms with E-state index in [1.165, 1.54) is 6.33 Å². The number of halogens is 1.